The maximum Gasteiger partial charge on any atom is 0.323 e. The van der Waals surface area contributed by atoms with Crippen LogP contribution in [0.3, 0.4) is 0 Å². The number of aromatic nitrogens is 1. The molecule has 0 radical (unpaired) electrons. The minimum atomic E-state index is -1.18. The molecule has 0 aliphatic carbocycles. The number of carboxylic acid groups (broad SMARTS) is 1. The maximum atomic E-state index is 13.0. The zero-order valence-electron chi connectivity index (χ0n) is 18.8. The van der Waals surface area contributed by atoms with E-state index in [0.717, 1.165) is 22.2 Å². The molecular weight excluding hydrogens is 492 g/mol. The van der Waals surface area contributed by atoms with Crippen molar-refractivity contribution in [2.24, 2.45) is 0 Å². The number of fused-ring (bicyclic) bond motifs is 1. The number of thioether (sulfide) groups is 1. The van der Waals surface area contributed by atoms with E-state index in [1.807, 2.05) is 18.2 Å². The van der Waals surface area contributed by atoms with Crippen molar-refractivity contribution in [3.05, 3.63) is 55.7 Å². The smallest absolute Gasteiger partial charge is 0.323 e. The van der Waals surface area contributed by atoms with E-state index in [1.54, 1.807) is 26.0 Å². The van der Waals surface area contributed by atoms with Crippen LogP contribution >= 0.6 is 24.0 Å². The average Bonchev–Trinajstić information content (AvgIpc) is 3.39. The Morgan fingerprint density at radius 2 is 2.09 bits per heavy atom. The zero-order chi connectivity index (χ0) is 25.3. The molecule has 0 atom stereocenters. The Morgan fingerprint density at radius 3 is 2.77 bits per heavy atom. The first-order chi connectivity index (χ1) is 16.7. The first-order valence-electron chi connectivity index (χ1n) is 10.5. The van der Waals surface area contributed by atoms with E-state index >= 15 is 0 Å². The number of hydrogen-bond donors (Lipinski definition) is 2. The standard InChI is InChI=1S/C23H20N4O6S2/c1-3-26-20(25-9-13-4-5-16-17(6-13)33-11-32-16)14(12(2)15(8-24)21(26)30)7-18-22(31)27(10-19(28)29)23(34)35-18/h4-7,25H,3,9-11H2,1-2H3,(H,28,29)/b18-7+. The first kappa shape index (κ1) is 24.3. The van der Waals surface area contributed by atoms with Crippen molar-refractivity contribution in [2.45, 2.75) is 26.9 Å². The summed E-state index contributed by atoms with van der Waals surface area (Å²) < 4.78 is 12.3. The van der Waals surface area contributed by atoms with Crippen LogP contribution in [0.15, 0.2) is 27.9 Å². The lowest BCUT2D eigenvalue weighted by Crippen LogP contribution is -2.33. The highest BCUT2D eigenvalue weighted by Crippen LogP contribution is 2.36. The number of nitriles is 1. The van der Waals surface area contributed by atoms with E-state index in [1.165, 1.54) is 4.57 Å². The maximum absolute atomic E-state index is 13.0. The molecule has 1 fully saturated rings. The van der Waals surface area contributed by atoms with E-state index < -0.39 is 24.0 Å². The SMILES string of the molecule is CCn1c(NCc2ccc3c(c2)OCO3)c(/C=C2/SC(=S)N(CC(=O)O)C2=O)c(C)c(C#N)c1=O. The van der Waals surface area contributed by atoms with Gasteiger partial charge in [0.05, 0.1) is 4.91 Å². The number of pyridine rings is 1. The van der Waals surface area contributed by atoms with E-state index in [4.69, 9.17) is 26.8 Å². The van der Waals surface area contributed by atoms with Gasteiger partial charge in [-0.15, -0.1) is 0 Å². The minimum Gasteiger partial charge on any atom is -0.480 e. The molecule has 2 N–H and O–H groups in total. The molecule has 0 saturated carbocycles. The lowest BCUT2D eigenvalue weighted by molar-refractivity contribution is -0.140. The molecule has 2 aromatic rings. The quantitative estimate of drug-likeness (QED) is 0.421. The number of anilines is 1. The van der Waals surface area contributed by atoms with Gasteiger partial charge in [0.25, 0.3) is 11.5 Å². The highest BCUT2D eigenvalue weighted by Gasteiger charge is 2.34. The number of amides is 1. The Morgan fingerprint density at radius 1 is 1.34 bits per heavy atom. The number of nitrogens with one attached hydrogen (secondary N) is 1. The number of aliphatic carboxylic acids is 1. The number of ether oxygens (including phenoxy) is 2. The highest BCUT2D eigenvalue weighted by molar-refractivity contribution is 8.26. The average molecular weight is 513 g/mol. The van der Waals surface area contributed by atoms with E-state index in [9.17, 15) is 19.6 Å². The summed E-state index contributed by atoms with van der Waals surface area (Å²) in [5, 5.41) is 22.0. The molecule has 1 aromatic heterocycles. The first-order valence-corrected chi connectivity index (χ1v) is 11.7. The van der Waals surface area contributed by atoms with Gasteiger partial charge in [0.1, 0.15) is 28.3 Å². The van der Waals surface area contributed by atoms with Crippen LogP contribution in [0.2, 0.25) is 0 Å². The molecule has 3 heterocycles. The van der Waals surface area contributed by atoms with Crippen LogP contribution in [-0.2, 0) is 22.7 Å². The Bertz CT molecular complexity index is 1390. The van der Waals surface area contributed by atoms with Gasteiger partial charge in [-0.25, -0.2) is 0 Å². The van der Waals surface area contributed by atoms with Crippen molar-refractivity contribution in [3.63, 3.8) is 0 Å². The Hall–Kier alpha value is -3.82. The summed E-state index contributed by atoms with van der Waals surface area (Å²) in [6.07, 6.45) is 1.55. The van der Waals surface area contributed by atoms with Gasteiger partial charge in [-0.05, 0) is 43.2 Å². The van der Waals surface area contributed by atoms with Gasteiger partial charge < -0.3 is 19.9 Å². The van der Waals surface area contributed by atoms with Gasteiger partial charge >= 0.3 is 5.97 Å². The summed E-state index contributed by atoms with van der Waals surface area (Å²) in [5.74, 6) is -0.0319. The molecule has 1 amide bonds. The Balaban J connectivity index is 1.77. The van der Waals surface area contributed by atoms with E-state index in [-0.39, 0.29) is 28.1 Å². The van der Waals surface area contributed by atoms with Gasteiger partial charge in [0, 0.05) is 18.7 Å². The normalized spacial score (nSPS) is 15.6. The number of carbonyl (C=O) groups is 2. The lowest BCUT2D eigenvalue weighted by Gasteiger charge is -2.19. The summed E-state index contributed by atoms with van der Waals surface area (Å²) in [6, 6.07) is 7.45. The third-order valence-electron chi connectivity index (χ3n) is 5.53. The number of carboxylic acids is 1. The fourth-order valence-corrected chi connectivity index (χ4v) is 5.03. The van der Waals surface area contributed by atoms with Crippen LogP contribution in [0.25, 0.3) is 6.08 Å². The van der Waals surface area contributed by atoms with Crippen LogP contribution in [0.5, 0.6) is 11.5 Å². The number of hydrogen-bond acceptors (Lipinski definition) is 9. The number of benzene rings is 1. The van der Waals surface area contributed by atoms with Gasteiger partial charge in [-0.1, -0.05) is 30.0 Å². The molecule has 0 unspecified atom stereocenters. The molecule has 4 rings (SSSR count). The van der Waals surface area contributed by atoms with Crippen LogP contribution in [-0.4, -0.2) is 44.1 Å². The second-order valence-corrected chi connectivity index (χ2v) is 9.30. The van der Waals surface area contributed by atoms with Crippen molar-refractivity contribution in [1.29, 1.82) is 5.26 Å². The third kappa shape index (κ3) is 4.60. The number of rotatable bonds is 7. The highest BCUT2D eigenvalue weighted by atomic mass is 32.2. The van der Waals surface area contributed by atoms with Crippen molar-refractivity contribution >= 4 is 52.1 Å². The molecule has 0 bridgehead atoms. The second kappa shape index (κ2) is 9.81. The summed E-state index contributed by atoms with van der Waals surface area (Å²) in [5.41, 5.74) is 1.26. The van der Waals surface area contributed by atoms with Crippen LogP contribution in [0.1, 0.15) is 29.2 Å². The van der Waals surface area contributed by atoms with Crippen LogP contribution in [0.4, 0.5) is 5.82 Å². The molecule has 0 spiro atoms. The van der Waals surface area contributed by atoms with Crippen molar-refractivity contribution in [3.8, 4) is 17.6 Å². The molecule has 1 aromatic carbocycles. The number of carbonyl (C=O) groups excluding carboxylic acids is 1. The lowest BCUT2D eigenvalue weighted by atomic mass is 10.0. The van der Waals surface area contributed by atoms with Crippen molar-refractivity contribution in [1.82, 2.24) is 9.47 Å². The number of nitrogens with zero attached hydrogens (tertiary/aromatic N) is 3. The molecule has 2 aliphatic heterocycles. The summed E-state index contributed by atoms with van der Waals surface area (Å²) >= 11 is 6.16. The summed E-state index contributed by atoms with van der Waals surface area (Å²) in [4.78, 5) is 38.2. The molecule has 1 saturated heterocycles. The monoisotopic (exact) mass is 512 g/mol. The van der Waals surface area contributed by atoms with Crippen molar-refractivity contribution < 1.29 is 24.2 Å². The molecule has 180 valence electrons. The molecule has 12 heteroatoms. The van der Waals surface area contributed by atoms with Gasteiger partial charge in [-0.3, -0.25) is 23.9 Å². The molecule has 2 aliphatic rings. The minimum absolute atomic E-state index is 0.0345. The fraction of sp³-hybridized carbons (Fsp3) is 0.261. The predicted octanol–water partition coefficient (Wildman–Crippen LogP) is 2.67. The Kier molecular flexibility index (Phi) is 6.81. The fourth-order valence-electron chi connectivity index (χ4n) is 3.79. The summed E-state index contributed by atoms with van der Waals surface area (Å²) in [7, 11) is 0. The second-order valence-electron chi connectivity index (χ2n) is 7.63. The predicted molar refractivity (Wildman–Crippen MR) is 133 cm³/mol. The van der Waals surface area contributed by atoms with E-state index in [2.05, 4.69) is 5.32 Å². The molecule has 35 heavy (non-hydrogen) atoms. The Labute approximate surface area is 209 Å². The van der Waals surface area contributed by atoms with Crippen LogP contribution < -0.4 is 20.3 Å². The van der Waals surface area contributed by atoms with Gasteiger partial charge in [-0.2, -0.15) is 5.26 Å². The van der Waals surface area contributed by atoms with E-state index in [0.29, 0.717) is 35.0 Å². The topological polar surface area (TPSA) is 134 Å². The summed E-state index contributed by atoms with van der Waals surface area (Å²) in [6.45, 7) is 3.62. The third-order valence-corrected chi connectivity index (χ3v) is 6.91. The van der Waals surface area contributed by atoms with Crippen molar-refractivity contribution in [2.75, 3.05) is 18.7 Å². The molecule has 10 nitrogen and oxygen atoms in total. The largest absolute Gasteiger partial charge is 0.480 e. The van der Waals surface area contributed by atoms with Gasteiger partial charge in [0.2, 0.25) is 6.79 Å². The van der Waals surface area contributed by atoms with Crippen LogP contribution in [0, 0.1) is 18.3 Å². The zero-order valence-corrected chi connectivity index (χ0v) is 20.4. The number of thiocarbonyl (C=S) groups is 1. The molecular formula is C23H20N4O6S2. The van der Waals surface area contributed by atoms with Gasteiger partial charge in [0.15, 0.2) is 11.5 Å².